The van der Waals surface area contributed by atoms with Crippen LogP contribution in [0.25, 0.3) is 11.1 Å². The Hall–Kier alpha value is -1.55. The highest BCUT2D eigenvalue weighted by Crippen LogP contribution is 2.36. The zero-order valence-corrected chi connectivity index (χ0v) is 9.85. The molecule has 1 aromatic heterocycles. The number of benzene rings is 1. The van der Waals surface area contributed by atoms with E-state index in [1.165, 1.54) is 0 Å². The molecule has 0 radical (unpaired) electrons. The predicted molar refractivity (Wildman–Crippen MR) is 65.1 cm³/mol. The van der Waals surface area contributed by atoms with E-state index in [-0.39, 0.29) is 6.04 Å². The van der Waals surface area contributed by atoms with Gasteiger partial charge < -0.3 is 14.9 Å². The third kappa shape index (κ3) is 1.78. The molecule has 90 valence electrons. The van der Waals surface area contributed by atoms with Gasteiger partial charge in [-0.05, 0) is 31.4 Å². The van der Waals surface area contributed by atoms with E-state index < -0.39 is 0 Å². The fourth-order valence-electron chi connectivity index (χ4n) is 2.52. The van der Waals surface area contributed by atoms with E-state index in [1.807, 2.05) is 18.2 Å². The fraction of sp³-hybridized carbons (Fsp3) is 0.462. The Morgan fingerprint density at radius 1 is 1.41 bits per heavy atom. The molecule has 1 aromatic carbocycles. The number of hydrogen-bond donors (Lipinski definition) is 1. The normalized spacial score (nSPS) is 24.4. The second-order valence-electron chi connectivity index (χ2n) is 4.63. The van der Waals surface area contributed by atoms with Crippen molar-refractivity contribution >= 4 is 11.1 Å². The van der Waals surface area contributed by atoms with Crippen molar-refractivity contribution in [3.05, 3.63) is 24.1 Å². The molecule has 2 atom stereocenters. The number of aromatic nitrogens is 1. The molecule has 2 unspecified atom stereocenters. The van der Waals surface area contributed by atoms with Crippen molar-refractivity contribution in [3.63, 3.8) is 0 Å². The molecule has 4 nitrogen and oxygen atoms in total. The Balaban J connectivity index is 2.01. The van der Waals surface area contributed by atoms with Gasteiger partial charge in [-0.25, -0.2) is 4.98 Å². The number of methoxy groups -OCH3 is 1. The molecule has 3 rings (SSSR count). The lowest BCUT2D eigenvalue weighted by Gasteiger charge is -2.02. The van der Waals surface area contributed by atoms with Crippen LogP contribution >= 0.6 is 0 Å². The quantitative estimate of drug-likeness (QED) is 0.863. The standard InChI is InChI=1S/C13H16N2O2/c1-16-10-3-2-4-11-12(10)15-13(17-11)8-5-6-9(14)7-8/h2-4,8-9H,5-7,14H2,1H3. The summed E-state index contributed by atoms with van der Waals surface area (Å²) >= 11 is 0. The zero-order chi connectivity index (χ0) is 11.8. The lowest BCUT2D eigenvalue weighted by molar-refractivity contribution is 0.419. The Morgan fingerprint density at radius 2 is 2.29 bits per heavy atom. The average molecular weight is 232 g/mol. The minimum atomic E-state index is 0.289. The number of fused-ring (bicyclic) bond motifs is 1. The maximum atomic E-state index is 5.92. The summed E-state index contributed by atoms with van der Waals surface area (Å²) in [5, 5.41) is 0. The van der Waals surface area contributed by atoms with Crippen LogP contribution < -0.4 is 10.5 Å². The highest BCUT2D eigenvalue weighted by Gasteiger charge is 2.27. The van der Waals surface area contributed by atoms with Crippen LogP contribution in [0.3, 0.4) is 0 Å². The van der Waals surface area contributed by atoms with Crippen LogP contribution in [0.5, 0.6) is 5.75 Å². The Kier molecular flexibility index (Phi) is 2.52. The van der Waals surface area contributed by atoms with Crippen molar-refractivity contribution in [1.29, 1.82) is 0 Å². The van der Waals surface area contributed by atoms with Gasteiger partial charge in [0.15, 0.2) is 17.0 Å². The fourth-order valence-corrected chi connectivity index (χ4v) is 2.52. The third-order valence-corrected chi connectivity index (χ3v) is 3.44. The van der Waals surface area contributed by atoms with Gasteiger partial charge in [0.25, 0.3) is 0 Å². The van der Waals surface area contributed by atoms with E-state index in [0.717, 1.165) is 42.0 Å². The smallest absolute Gasteiger partial charge is 0.198 e. The van der Waals surface area contributed by atoms with Gasteiger partial charge in [-0.1, -0.05) is 6.07 Å². The first-order valence-electron chi connectivity index (χ1n) is 5.97. The molecule has 0 spiro atoms. The molecule has 1 saturated carbocycles. The number of ether oxygens (including phenoxy) is 1. The van der Waals surface area contributed by atoms with Crippen molar-refractivity contribution < 1.29 is 9.15 Å². The first-order valence-corrected chi connectivity index (χ1v) is 5.97. The Bertz CT molecular complexity index is 535. The third-order valence-electron chi connectivity index (χ3n) is 3.44. The summed E-state index contributed by atoms with van der Waals surface area (Å²) in [6, 6.07) is 6.02. The summed E-state index contributed by atoms with van der Waals surface area (Å²) in [5.41, 5.74) is 7.52. The lowest BCUT2D eigenvalue weighted by atomic mass is 10.1. The van der Waals surface area contributed by atoms with Gasteiger partial charge in [-0.3, -0.25) is 0 Å². The van der Waals surface area contributed by atoms with Gasteiger partial charge in [0.05, 0.1) is 7.11 Å². The summed E-state index contributed by atoms with van der Waals surface area (Å²) < 4.78 is 11.1. The number of hydrogen-bond acceptors (Lipinski definition) is 4. The Labute approximate surface area is 99.8 Å². The molecule has 0 amide bonds. The second-order valence-corrected chi connectivity index (χ2v) is 4.63. The minimum Gasteiger partial charge on any atom is -0.494 e. The van der Waals surface area contributed by atoms with E-state index in [1.54, 1.807) is 7.11 Å². The van der Waals surface area contributed by atoms with Gasteiger partial charge in [0.1, 0.15) is 5.75 Å². The van der Waals surface area contributed by atoms with Crippen LogP contribution in [0.2, 0.25) is 0 Å². The molecule has 0 aliphatic heterocycles. The molecule has 1 heterocycles. The molecule has 1 aliphatic rings. The van der Waals surface area contributed by atoms with Gasteiger partial charge >= 0.3 is 0 Å². The van der Waals surface area contributed by atoms with Gasteiger partial charge in [0.2, 0.25) is 0 Å². The van der Waals surface area contributed by atoms with Crippen LogP contribution in [0.15, 0.2) is 22.6 Å². The van der Waals surface area contributed by atoms with Crippen LogP contribution in [-0.2, 0) is 0 Å². The first kappa shape index (κ1) is 10.6. The van der Waals surface area contributed by atoms with Crippen molar-refractivity contribution in [1.82, 2.24) is 4.98 Å². The average Bonchev–Trinajstić information content (AvgIpc) is 2.93. The van der Waals surface area contributed by atoms with Crippen molar-refractivity contribution in [2.75, 3.05) is 7.11 Å². The number of rotatable bonds is 2. The summed E-state index contributed by atoms with van der Waals surface area (Å²) in [7, 11) is 1.65. The summed E-state index contributed by atoms with van der Waals surface area (Å²) in [6.07, 6.45) is 3.09. The molecule has 1 fully saturated rings. The molecule has 2 aromatic rings. The van der Waals surface area contributed by atoms with Crippen molar-refractivity contribution in [2.24, 2.45) is 5.73 Å². The Morgan fingerprint density at radius 3 is 3.00 bits per heavy atom. The van der Waals surface area contributed by atoms with E-state index in [2.05, 4.69) is 4.98 Å². The van der Waals surface area contributed by atoms with Gasteiger partial charge in [-0.15, -0.1) is 0 Å². The largest absolute Gasteiger partial charge is 0.494 e. The second kappa shape index (κ2) is 4.04. The topological polar surface area (TPSA) is 61.3 Å². The SMILES string of the molecule is COc1cccc2oc(C3CCC(N)C3)nc12. The molecule has 1 aliphatic carbocycles. The van der Waals surface area contributed by atoms with Crippen molar-refractivity contribution in [2.45, 2.75) is 31.2 Å². The molecule has 2 N–H and O–H groups in total. The molecule has 17 heavy (non-hydrogen) atoms. The minimum absolute atomic E-state index is 0.289. The molecular formula is C13H16N2O2. The maximum absolute atomic E-state index is 5.92. The number of oxazole rings is 1. The van der Waals surface area contributed by atoms with Crippen LogP contribution in [0.1, 0.15) is 31.1 Å². The summed E-state index contributed by atoms with van der Waals surface area (Å²) in [5.74, 6) is 1.93. The summed E-state index contributed by atoms with van der Waals surface area (Å²) in [4.78, 5) is 4.55. The van der Waals surface area contributed by atoms with Gasteiger partial charge in [-0.2, -0.15) is 0 Å². The zero-order valence-electron chi connectivity index (χ0n) is 9.85. The van der Waals surface area contributed by atoms with E-state index >= 15 is 0 Å². The first-order chi connectivity index (χ1) is 8.28. The monoisotopic (exact) mass is 232 g/mol. The number of nitrogens with zero attached hydrogens (tertiary/aromatic N) is 1. The number of para-hydroxylation sites is 1. The van der Waals surface area contributed by atoms with E-state index in [0.29, 0.717) is 5.92 Å². The van der Waals surface area contributed by atoms with E-state index in [9.17, 15) is 0 Å². The van der Waals surface area contributed by atoms with Crippen LogP contribution in [-0.4, -0.2) is 18.1 Å². The summed E-state index contributed by atoms with van der Waals surface area (Å²) in [6.45, 7) is 0. The molecule has 0 saturated heterocycles. The lowest BCUT2D eigenvalue weighted by Crippen LogP contribution is -2.14. The molecular weight excluding hydrogens is 216 g/mol. The highest BCUT2D eigenvalue weighted by atomic mass is 16.5. The number of nitrogens with two attached hydrogens (primary N) is 1. The predicted octanol–water partition coefficient (Wildman–Crippen LogP) is 2.43. The van der Waals surface area contributed by atoms with Crippen LogP contribution in [0, 0.1) is 0 Å². The van der Waals surface area contributed by atoms with Crippen LogP contribution in [0.4, 0.5) is 0 Å². The molecule has 0 bridgehead atoms. The van der Waals surface area contributed by atoms with E-state index in [4.69, 9.17) is 14.9 Å². The van der Waals surface area contributed by atoms with Gasteiger partial charge in [0, 0.05) is 12.0 Å². The van der Waals surface area contributed by atoms with Crippen molar-refractivity contribution in [3.8, 4) is 5.75 Å². The highest BCUT2D eigenvalue weighted by molar-refractivity contribution is 5.79. The maximum Gasteiger partial charge on any atom is 0.198 e. The molecule has 4 heteroatoms.